The first-order chi connectivity index (χ1) is 14.6. The zero-order valence-electron chi connectivity index (χ0n) is 17.8. The van der Waals surface area contributed by atoms with Gasteiger partial charge in [0.1, 0.15) is 0 Å². The molecule has 0 spiro atoms. The molecule has 0 bridgehead atoms. The Morgan fingerprint density at radius 3 is 2.73 bits per heavy atom. The van der Waals surface area contributed by atoms with Crippen LogP contribution in [0.3, 0.4) is 0 Å². The fraction of sp³-hybridized carbons (Fsp3) is 0.417. The number of aryl methyl sites for hydroxylation is 2. The molecular weight excluding hydrogens is 394 g/mol. The number of carbonyl (C=O) groups is 1. The molecule has 0 atom stereocenters. The summed E-state index contributed by atoms with van der Waals surface area (Å²) >= 11 is 1.60. The summed E-state index contributed by atoms with van der Waals surface area (Å²) in [6.45, 7) is 9.35. The molecule has 0 radical (unpaired) electrons. The summed E-state index contributed by atoms with van der Waals surface area (Å²) < 4.78 is 6.56. The number of fused-ring (bicyclic) bond motifs is 1. The van der Waals surface area contributed by atoms with E-state index >= 15 is 0 Å². The Bertz CT molecular complexity index is 978. The van der Waals surface area contributed by atoms with Gasteiger partial charge in [-0.15, -0.1) is 0 Å². The highest BCUT2D eigenvalue weighted by Crippen LogP contribution is 2.29. The number of amides is 1. The van der Waals surface area contributed by atoms with E-state index in [1.165, 1.54) is 11.1 Å². The summed E-state index contributed by atoms with van der Waals surface area (Å²) in [6.07, 6.45) is 1.33. The number of thiazole rings is 1. The molecule has 30 heavy (non-hydrogen) atoms. The third-order valence-corrected chi connectivity index (χ3v) is 6.67. The van der Waals surface area contributed by atoms with Crippen LogP contribution in [0, 0.1) is 13.8 Å². The Morgan fingerprint density at radius 1 is 1.17 bits per heavy atom. The van der Waals surface area contributed by atoms with Crippen LogP contribution in [-0.4, -0.2) is 55.2 Å². The van der Waals surface area contributed by atoms with Crippen LogP contribution in [0.2, 0.25) is 0 Å². The summed E-state index contributed by atoms with van der Waals surface area (Å²) in [4.78, 5) is 22.4. The second-order valence-electron chi connectivity index (χ2n) is 7.92. The van der Waals surface area contributed by atoms with Crippen molar-refractivity contribution in [3.8, 4) is 0 Å². The predicted molar refractivity (Wildman–Crippen MR) is 123 cm³/mol. The lowest BCUT2D eigenvalue weighted by atomic mass is 10.0. The van der Waals surface area contributed by atoms with Crippen molar-refractivity contribution in [1.29, 1.82) is 0 Å². The highest BCUT2D eigenvalue weighted by Gasteiger charge is 2.21. The van der Waals surface area contributed by atoms with Crippen LogP contribution in [0.15, 0.2) is 42.5 Å². The van der Waals surface area contributed by atoms with Gasteiger partial charge < -0.3 is 4.74 Å². The van der Waals surface area contributed by atoms with Crippen LogP contribution in [0.1, 0.15) is 23.1 Å². The van der Waals surface area contributed by atoms with Gasteiger partial charge in [0.15, 0.2) is 5.13 Å². The third kappa shape index (κ3) is 5.06. The molecule has 0 saturated carbocycles. The molecule has 0 N–H and O–H groups in total. The van der Waals surface area contributed by atoms with Gasteiger partial charge in [-0.3, -0.25) is 14.6 Å². The number of anilines is 1. The smallest absolute Gasteiger partial charge is 0.233 e. The number of carbonyl (C=O) groups excluding carboxylic acids is 1. The molecule has 6 heteroatoms. The maximum absolute atomic E-state index is 13.4. The van der Waals surface area contributed by atoms with Crippen molar-refractivity contribution in [2.24, 2.45) is 0 Å². The average Bonchev–Trinajstić information content (AvgIpc) is 3.17. The van der Waals surface area contributed by atoms with Gasteiger partial charge >= 0.3 is 0 Å². The van der Waals surface area contributed by atoms with Gasteiger partial charge in [0.25, 0.3) is 0 Å². The van der Waals surface area contributed by atoms with E-state index in [-0.39, 0.29) is 5.91 Å². The minimum Gasteiger partial charge on any atom is -0.379 e. The highest BCUT2D eigenvalue weighted by atomic mass is 32.1. The highest BCUT2D eigenvalue weighted by molar-refractivity contribution is 7.22. The number of morpholine rings is 1. The first kappa shape index (κ1) is 21.0. The van der Waals surface area contributed by atoms with Crippen molar-refractivity contribution in [2.75, 3.05) is 44.3 Å². The molecule has 1 amide bonds. The van der Waals surface area contributed by atoms with E-state index in [0.29, 0.717) is 13.0 Å². The van der Waals surface area contributed by atoms with E-state index in [0.717, 1.165) is 60.2 Å². The summed E-state index contributed by atoms with van der Waals surface area (Å²) in [5.41, 5.74) is 4.43. The lowest BCUT2D eigenvalue weighted by Crippen LogP contribution is -2.39. The van der Waals surface area contributed by atoms with E-state index in [4.69, 9.17) is 9.72 Å². The average molecular weight is 424 g/mol. The number of rotatable bonds is 7. The topological polar surface area (TPSA) is 45.7 Å². The monoisotopic (exact) mass is 423 g/mol. The molecular formula is C24H29N3O2S. The van der Waals surface area contributed by atoms with Crippen LogP contribution in [0.4, 0.5) is 5.13 Å². The summed E-state index contributed by atoms with van der Waals surface area (Å²) in [7, 11) is 0. The number of para-hydroxylation sites is 1. The first-order valence-electron chi connectivity index (χ1n) is 10.6. The molecule has 1 saturated heterocycles. The lowest BCUT2D eigenvalue weighted by molar-refractivity contribution is -0.118. The van der Waals surface area contributed by atoms with Gasteiger partial charge in [-0.2, -0.15) is 0 Å². The number of hydrogen-bond donors (Lipinski definition) is 0. The van der Waals surface area contributed by atoms with Gasteiger partial charge in [0, 0.05) is 26.2 Å². The van der Waals surface area contributed by atoms with E-state index < -0.39 is 0 Å². The Kier molecular flexibility index (Phi) is 6.77. The zero-order chi connectivity index (χ0) is 20.9. The quantitative estimate of drug-likeness (QED) is 0.571. The molecule has 1 aromatic heterocycles. The first-order valence-corrected chi connectivity index (χ1v) is 11.4. The molecule has 1 aliphatic rings. The molecule has 2 heterocycles. The van der Waals surface area contributed by atoms with Crippen molar-refractivity contribution in [2.45, 2.75) is 26.7 Å². The van der Waals surface area contributed by atoms with Gasteiger partial charge in [-0.1, -0.05) is 47.2 Å². The van der Waals surface area contributed by atoms with Crippen LogP contribution >= 0.6 is 11.3 Å². The largest absolute Gasteiger partial charge is 0.379 e. The maximum Gasteiger partial charge on any atom is 0.233 e. The zero-order valence-corrected chi connectivity index (χ0v) is 18.6. The fourth-order valence-corrected chi connectivity index (χ4v) is 4.89. The SMILES string of the molecule is Cc1ccc(CC(=O)N(CCCN2CCOCC2)c2nc3ccccc3s2)c(C)c1. The Morgan fingerprint density at radius 2 is 1.97 bits per heavy atom. The molecule has 158 valence electrons. The van der Waals surface area contributed by atoms with Crippen molar-refractivity contribution < 1.29 is 9.53 Å². The van der Waals surface area contributed by atoms with Crippen molar-refractivity contribution in [3.05, 3.63) is 59.2 Å². The lowest BCUT2D eigenvalue weighted by Gasteiger charge is -2.27. The summed E-state index contributed by atoms with van der Waals surface area (Å²) in [5.74, 6) is 0.114. The number of ether oxygens (including phenoxy) is 1. The van der Waals surface area contributed by atoms with Crippen LogP contribution in [-0.2, 0) is 16.0 Å². The molecule has 0 unspecified atom stereocenters. The van der Waals surface area contributed by atoms with E-state index in [1.807, 2.05) is 23.1 Å². The maximum atomic E-state index is 13.4. The van der Waals surface area contributed by atoms with Crippen molar-refractivity contribution in [1.82, 2.24) is 9.88 Å². The van der Waals surface area contributed by atoms with Gasteiger partial charge in [-0.05, 0) is 43.5 Å². The molecule has 2 aromatic carbocycles. The normalized spacial score (nSPS) is 14.9. The molecule has 3 aromatic rings. The van der Waals surface area contributed by atoms with Crippen LogP contribution in [0.5, 0.6) is 0 Å². The second kappa shape index (κ2) is 9.69. The molecule has 1 aliphatic heterocycles. The predicted octanol–water partition coefficient (Wildman–Crippen LogP) is 4.21. The molecule has 5 nitrogen and oxygen atoms in total. The van der Waals surface area contributed by atoms with Crippen LogP contribution < -0.4 is 4.90 Å². The van der Waals surface area contributed by atoms with Gasteiger partial charge in [0.2, 0.25) is 5.91 Å². The fourth-order valence-electron chi connectivity index (χ4n) is 3.88. The van der Waals surface area contributed by atoms with Crippen molar-refractivity contribution >= 4 is 32.6 Å². The Hall–Kier alpha value is -2.28. The number of benzene rings is 2. The molecule has 0 aliphatic carbocycles. The number of hydrogen-bond acceptors (Lipinski definition) is 5. The minimum absolute atomic E-state index is 0.114. The van der Waals surface area contributed by atoms with Crippen molar-refractivity contribution in [3.63, 3.8) is 0 Å². The number of aromatic nitrogens is 1. The Balaban J connectivity index is 1.51. The van der Waals surface area contributed by atoms with E-state index in [2.05, 4.69) is 43.0 Å². The second-order valence-corrected chi connectivity index (χ2v) is 8.93. The van der Waals surface area contributed by atoms with Gasteiger partial charge in [0.05, 0.1) is 29.9 Å². The minimum atomic E-state index is 0.114. The van der Waals surface area contributed by atoms with Gasteiger partial charge in [-0.25, -0.2) is 4.98 Å². The Labute approximate surface area is 182 Å². The third-order valence-electron chi connectivity index (χ3n) is 5.61. The summed E-state index contributed by atoms with van der Waals surface area (Å²) in [6, 6.07) is 14.4. The number of nitrogens with zero attached hydrogens (tertiary/aromatic N) is 3. The molecule has 4 rings (SSSR count). The molecule has 1 fully saturated rings. The van der Waals surface area contributed by atoms with Crippen LogP contribution in [0.25, 0.3) is 10.2 Å². The van der Waals surface area contributed by atoms with E-state index in [9.17, 15) is 4.79 Å². The summed E-state index contributed by atoms with van der Waals surface area (Å²) in [5, 5.41) is 0.799. The van der Waals surface area contributed by atoms with E-state index in [1.54, 1.807) is 11.3 Å². The standard InChI is InChI=1S/C24H29N3O2S/c1-18-8-9-20(19(2)16-18)17-23(28)27(11-5-10-26-12-14-29-15-13-26)24-25-21-6-3-4-7-22(21)30-24/h3-4,6-9,16H,5,10-15,17H2,1-2H3.